The molecule has 1 aliphatic carbocycles. The number of amides is 1. The third-order valence-electron chi connectivity index (χ3n) is 4.31. The Kier molecular flexibility index (Phi) is 4.73. The van der Waals surface area contributed by atoms with E-state index in [1.807, 2.05) is 0 Å². The third kappa shape index (κ3) is 3.38. The van der Waals surface area contributed by atoms with Gasteiger partial charge in [-0.2, -0.15) is 13.2 Å². The first-order valence-corrected chi connectivity index (χ1v) is 7.08. The highest BCUT2D eigenvalue weighted by Crippen LogP contribution is 2.49. The lowest BCUT2D eigenvalue weighted by molar-refractivity contribution is -0.137. The van der Waals surface area contributed by atoms with Crippen LogP contribution in [-0.2, 0) is 11.0 Å². The van der Waals surface area contributed by atoms with Crippen molar-refractivity contribution in [2.45, 2.75) is 31.0 Å². The van der Waals surface area contributed by atoms with Crippen molar-refractivity contribution >= 4 is 18.3 Å². The predicted molar refractivity (Wildman–Crippen MR) is 78.7 cm³/mol. The second-order valence-electron chi connectivity index (χ2n) is 5.90. The summed E-state index contributed by atoms with van der Waals surface area (Å²) in [5, 5.41) is 0. The fourth-order valence-corrected chi connectivity index (χ4v) is 2.98. The highest BCUT2D eigenvalue weighted by Gasteiger charge is 2.46. The maximum Gasteiger partial charge on any atom is 0.416 e. The van der Waals surface area contributed by atoms with Gasteiger partial charge in [-0.3, -0.25) is 4.79 Å². The van der Waals surface area contributed by atoms with Crippen LogP contribution in [-0.4, -0.2) is 29.9 Å². The summed E-state index contributed by atoms with van der Waals surface area (Å²) < 4.78 is 37.5. The van der Waals surface area contributed by atoms with E-state index in [1.165, 1.54) is 12.1 Å². The Labute approximate surface area is 133 Å². The van der Waals surface area contributed by atoms with E-state index in [2.05, 4.69) is 0 Å². The fourth-order valence-electron chi connectivity index (χ4n) is 2.98. The first-order valence-electron chi connectivity index (χ1n) is 7.08. The summed E-state index contributed by atoms with van der Waals surface area (Å²) in [4.78, 5) is 14.0. The zero-order valence-corrected chi connectivity index (χ0v) is 12.7. The number of halogens is 4. The zero-order valence-electron chi connectivity index (χ0n) is 11.8. The molecule has 2 aliphatic rings. The maximum atomic E-state index is 12.5. The lowest BCUT2D eigenvalue weighted by Gasteiger charge is -2.15. The smallest absolute Gasteiger partial charge is 0.341 e. The molecule has 3 nitrogen and oxygen atoms in total. The topological polar surface area (TPSA) is 46.3 Å². The monoisotopic (exact) mass is 334 g/mol. The molecule has 1 aromatic rings. The third-order valence-corrected chi connectivity index (χ3v) is 4.31. The molecule has 1 aliphatic heterocycles. The first-order chi connectivity index (χ1) is 9.86. The molecule has 2 N–H and O–H groups in total. The van der Waals surface area contributed by atoms with Crippen LogP contribution in [0.1, 0.15) is 29.9 Å². The van der Waals surface area contributed by atoms with Crippen molar-refractivity contribution in [3.8, 4) is 0 Å². The van der Waals surface area contributed by atoms with E-state index in [0.29, 0.717) is 13.1 Å². The molecule has 2 unspecified atom stereocenters. The van der Waals surface area contributed by atoms with Crippen molar-refractivity contribution < 1.29 is 18.0 Å². The van der Waals surface area contributed by atoms with Crippen molar-refractivity contribution in [2.75, 3.05) is 13.1 Å². The average Bonchev–Trinajstić information content (AvgIpc) is 3.12. The lowest BCUT2D eigenvalue weighted by atomic mass is 10.1. The van der Waals surface area contributed by atoms with Crippen LogP contribution < -0.4 is 5.73 Å². The molecule has 22 heavy (non-hydrogen) atoms. The van der Waals surface area contributed by atoms with Crippen molar-refractivity contribution in [1.82, 2.24) is 4.90 Å². The van der Waals surface area contributed by atoms with Crippen molar-refractivity contribution in [2.24, 2.45) is 11.7 Å². The number of benzene rings is 1. The molecule has 122 valence electrons. The maximum absolute atomic E-state index is 12.5. The molecule has 1 saturated carbocycles. The SMILES string of the molecule is Cl.N[C@@H]1CCN(C(=O)C2CC2c2ccc(C(F)(F)F)cc2)C1. The summed E-state index contributed by atoms with van der Waals surface area (Å²) in [7, 11) is 0. The van der Waals surface area contributed by atoms with E-state index in [9.17, 15) is 18.0 Å². The molecular formula is C15H18ClF3N2O. The zero-order chi connectivity index (χ0) is 15.2. The van der Waals surface area contributed by atoms with Gasteiger partial charge in [-0.15, -0.1) is 12.4 Å². The normalized spacial score (nSPS) is 27.5. The van der Waals surface area contributed by atoms with Gasteiger partial charge in [0.1, 0.15) is 0 Å². The van der Waals surface area contributed by atoms with Gasteiger partial charge < -0.3 is 10.6 Å². The standard InChI is InChI=1S/C15H17F3N2O.ClH/c16-15(17,18)10-3-1-9(2-4-10)12-7-13(12)14(21)20-6-5-11(19)8-20;/h1-4,11-13H,5-8,19H2;1H/t11-,12?,13?;/m1./s1. The van der Waals surface area contributed by atoms with Gasteiger partial charge in [0.15, 0.2) is 0 Å². The average molecular weight is 335 g/mol. The highest BCUT2D eigenvalue weighted by atomic mass is 35.5. The number of nitrogens with zero attached hydrogens (tertiary/aromatic N) is 1. The van der Waals surface area contributed by atoms with E-state index < -0.39 is 11.7 Å². The molecule has 1 amide bonds. The number of likely N-dealkylation sites (tertiary alicyclic amines) is 1. The van der Waals surface area contributed by atoms with E-state index in [-0.39, 0.29) is 36.2 Å². The number of nitrogens with two attached hydrogens (primary N) is 1. The van der Waals surface area contributed by atoms with E-state index >= 15 is 0 Å². The molecule has 0 radical (unpaired) electrons. The Morgan fingerprint density at radius 2 is 1.86 bits per heavy atom. The summed E-state index contributed by atoms with van der Waals surface area (Å²) >= 11 is 0. The van der Waals surface area contributed by atoms with Crippen LogP contribution in [0, 0.1) is 5.92 Å². The lowest BCUT2D eigenvalue weighted by Crippen LogP contribution is -2.33. The summed E-state index contributed by atoms with van der Waals surface area (Å²) in [6.45, 7) is 1.28. The summed E-state index contributed by atoms with van der Waals surface area (Å²) in [6, 6.07) is 5.19. The van der Waals surface area contributed by atoms with Crippen LogP contribution in [0.4, 0.5) is 13.2 Å². The summed E-state index contributed by atoms with van der Waals surface area (Å²) in [6.07, 6.45) is -2.78. The number of hydrogen-bond donors (Lipinski definition) is 1. The van der Waals surface area contributed by atoms with Gasteiger partial charge >= 0.3 is 6.18 Å². The van der Waals surface area contributed by atoms with Crippen LogP contribution in [0.5, 0.6) is 0 Å². The van der Waals surface area contributed by atoms with Gasteiger partial charge in [-0.05, 0) is 36.5 Å². The minimum Gasteiger partial charge on any atom is -0.341 e. The Morgan fingerprint density at radius 1 is 1.23 bits per heavy atom. The quantitative estimate of drug-likeness (QED) is 0.904. The van der Waals surface area contributed by atoms with Crippen LogP contribution in [0.15, 0.2) is 24.3 Å². The summed E-state index contributed by atoms with van der Waals surface area (Å²) in [5.41, 5.74) is 5.94. The molecule has 0 bridgehead atoms. The van der Waals surface area contributed by atoms with Gasteiger partial charge in [0.2, 0.25) is 5.91 Å². The minimum absolute atomic E-state index is 0. The fraction of sp³-hybridized carbons (Fsp3) is 0.533. The van der Waals surface area contributed by atoms with Crippen LogP contribution in [0.3, 0.4) is 0 Å². The van der Waals surface area contributed by atoms with Gasteiger partial charge in [-0.1, -0.05) is 12.1 Å². The molecule has 1 heterocycles. The molecule has 0 spiro atoms. The van der Waals surface area contributed by atoms with E-state index in [1.54, 1.807) is 4.90 Å². The van der Waals surface area contributed by atoms with Crippen LogP contribution in [0.25, 0.3) is 0 Å². The molecule has 1 aromatic carbocycles. The van der Waals surface area contributed by atoms with E-state index in [4.69, 9.17) is 5.73 Å². The molecular weight excluding hydrogens is 317 g/mol. The van der Waals surface area contributed by atoms with Crippen LogP contribution in [0.2, 0.25) is 0 Å². The number of rotatable bonds is 2. The number of alkyl halides is 3. The molecule has 3 atom stereocenters. The number of carbonyl (C=O) groups is 1. The molecule has 3 rings (SSSR count). The molecule has 2 fully saturated rings. The minimum atomic E-state index is -4.32. The second-order valence-corrected chi connectivity index (χ2v) is 5.90. The van der Waals surface area contributed by atoms with Gasteiger partial charge in [0.25, 0.3) is 0 Å². The molecule has 0 aromatic heterocycles. The predicted octanol–water partition coefficient (Wildman–Crippen LogP) is 2.79. The second kappa shape index (κ2) is 6.08. The largest absolute Gasteiger partial charge is 0.416 e. The Morgan fingerprint density at radius 3 is 2.36 bits per heavy atom. The Hall–Kier alpha value is -1.27. The number of hydrogen-bond acceptors (Lipinski definition) is 2. The van der Waals surface area contributed by atoms with Crippen molar-refractivity contribution in [3.05, 3.63) is 35.4 Å². The first kappa shape index (κ1) is 17.1. The van der Waals surface area contributed by atoms with Gasteiger partial charge in [0.05, 0.1) is 5.56 Å². The Bertz CT molecular complexity index is 547. The highest BCUT2D eigenvalue weighted by molar-refractivity contribution is 5.85. The van der Waals surface area contributed by atoms with Gasteiger partial charge in [-0.25, -0.2) is 0 Å². The van der Waals surface area contributed by atoms with E-state index in [0.717, 1.165) is 30.5 Å². The van der Waals surface area contributed by atoms with Gasteiger partial charge in [0, 0.05) is 25.0 Å². The number of carbonyl (C=O) groups excluding carboxylic acids is 1. The Balaban J connectivity index is 0.00000176. The summed E-state index contributed by atoms with van der Waals surface area (Å²) in [5.74, 6) is 0.0523. The molecule has 7 heteroatoms. The van der Waals surface area contributed by atoms with Crippen LogP contribution >= 0.6 is 12.4 Å². The van der Waals surface area contributed by atoms with Crippen molar-refractivity contribution in [1.29, 1.82) is 0 Å². The van der Waals surface area contributed by atoms with Crippen molar-refractivity contribution in [3.63, 3.8) is 0 Å². The molecule has 1 saturated heterocycles.